The first-order chi connectivity index (χ1) is 14.3. The molecular formula is C22H24N4O3. The number of rotatable bonds is 4. The topological polar surface area (TPSA) is 68.6 Å². The van der Waals surface area contributed by atoms with Gasteiger partial charge in [0.2, 0.25) is 5.91 Å². The second-order valence-electron chi connectivity index (χ2n) is 7.54. The Morgan fingerprint density at radius 2 is 2.00 bits per heavy atom. The van der Waals surface area contributed by atoms with E-state index in [0.717, 1.165) is 47.6 Å². The van der Waals surface area contributed by atoms with Crippen molar-refractivity contribution in [3.05, 3.63) is 48.8 Å². The number of benzene rings is 2. The third kappa shape index (κ3) is 3.72. The summed E-state index contributed by atoms with van der Waals surface area (Å²) in [7, 11) is 0. The number of nitrogens with zero attached hydrogens (tertiary/aromatic N) is 3. The lowest BCUT2D eigenvalue weighted by atomic mass is 10.0. The lowest BCUT2D eigenvalue weighted by Crippen LogP contribution is -2.46. The van der Waals surface area contributed by atoms with Crippen LogP contribution in [0.1, 0.15) is 12.8 Å². The lowest BCUT2D eigenvalue weighted by molar-refractivity contribution is -0.132. The summed E-state index contributed by atoms with van der Waals surface area (Å²) < 4.78 is 13.2. The molecule has 7 heteroatoms. The molecule has 1 saturated heterocycles. The highest BCUT2D eigenvalue weighted by Gasteiger charge is 2.24. The zero-order chi connectivity index (χ0) is 19.6. The van der Waals surface area contributed by atoms with Crippen molar-refractivity contribution in [2.75, 3.05) is 31.6 Å². The number of anilines is 1. The van der Waals surface area contributed by atoms with Crippen LogP contribution in [-0.4, -0.2) is 52.7 Å². The second kappa shape index (κ2) is 7.66. The minimum Gasteiger partial charge on any atom is -0.486 e. The predicted molar refractivity (Wildman–Crippen MR) is 110 cm³/mol. The molecule has 7 nitrogen and oxygen atoms in total. The number of piperidine rings is 1. The van der Waals surface area contributed by atoms with Gasteiger partial charge in [0.15, 0.2) is 11.5 Å². The quantitative estimate of drug-likeness (QED) is 0.739. The number of hydrogen-bond acceptors (Lipinski definition) is 5. The van der Waals surface area contributed by atoms with Crippen molar-refractivity contribution < 1.29 is 14.3 Å². The molecule has 3 heterocycles. The zero-order valence-corrected chi connectivity index (χ0v) is 16.2. The SMILES string of the molecule is O=C(Cn1cnc2ccccc21)N1CCC[C@H](Nc2ccc3c(c2)OCCO3)C1. The minimum absolute atomic E-state index is 0.127. The summed E-state index contributed by atoms with van der Waals surface area (Å²) in [5.41, 5.74) is 2.90. The zero-order valence-electron chi connectivity index (χ0n) is 16.2. The molecule has 0 bridgehead atoms. The van der Waals surface area contributed by atoms with Crippen molar-refractivity contribution in [1.29, 1.82) is 0 Å². The van der Waals surface area contributed by atoms with E-state index in [9.17, 15) is 4.79 Å². The van der Waals surface area contributed by atoms with E-state index < -0.39 is 0 Å². The van der Waals surface area contributed by atoms with Gasteiger partial charge in [-0.05, 0) is 37.1 Å². The van der Waals surface area contributed by atoms with Crippen molar-refractivity contribution in [2.45, 2.75) is 25.4 Å². The first-order valence-corrected chi connectivity index (χ1v) is 10.1. The van der Waals surface area contributed by atoms with Gasteiger partial charge in [0.05, 0.1) is 17.4 Å². The minimum atomic E-state index is 0.127. The molecule has 1 amide bonds. The van der Waals surface area contributed by atoms with Gasteiger partial charge in [-0.15, -0.1) is 0 Å². The summed E-state index contributed by atoms with van der Waals surface area (Å²) in [5.74, 6) is 1.69. The maximum atomic E-state index is 12.9. The number of nitrogens with one attached hydrogen (secondary N) is 1. The molecular weight excluding hydrogens is 368 g/mol. The standard InChI is InChI=1S/C22H24N4O3/c27-22(14-26-15-23-18-5-1-2-6-19(18)26)25-9-3-4-17(13-25)24-16-7-8-20-21(12-16)29-11-10-28-20/h1-2,5-8,12,15,17,24H,3-4,9-11,13-14H2/t17-/m0/s1. The Morgan fingerprint density at radius 3 is 2.93 bits per heavy atom. The molecule has 2 aliphatic heterocycles. The Hall–Kier alpha value is -3.22. The first-order valence-electron chi connectivity index (χ1n) is 10.1. The van der Waals surface area contributed by atoms with Crippen LogP contribution in [-0.2, 0) is 11.3 Å². The summed E-state index contributed by atoms with van der Waals surface area (Å²) >= 11 is 0. The van der Waals surface area contributed by atoms with E-state index in [1.54, 1.807) is 6.33 Å². The number of carbonyl (C=O) groups excluding carboxylic acids is 1. The number of fused-ring (bicyclic) bond motifs is 2. The molecule has 1 fully saturated rings. The monoisotopic (exact) mass is 392 g/mol. The summed E-state index contributed by atoms with van der Waals surface area (Å²) in [6, 6.07) is 14.0. The van der Waals surface area contributed by atoms with Crippen LogP contribution < -0.4 is 14.8 Å². The van der Waals surface area contributed by atoms with Gasteiger partial charge in [0.1, 0.15) is 19.8 Å². The van der Waals surface area contributed by atoms with E-state index in [4.69, 9.17) is 9.47 Å². The molecule has 2 aromatic carbocycles. The smallest absolute Gasteiger partial charge is 0.242 e. The van der Waals surface area contributed by atoms with Crippen molar-refractivity contribution in [2.24, 2.45) is 0 Å². The number of hydrogen-bond donors (Lipinski definition) is 1. The molecule has 1 aromatic heterocycles. The number of ether oxygens (including phenoxy) is 2. The van der Waals surface area contributed by atoms with Crippen LogP contribution in [0.25, 0.3) is 11.0 Å². The van der Waals surface area contributed by atoms with Gasteiger partial charge < -0.3 is 24.3 Å². The van der Waals surface area contributed by atoms with Crippen LogP contribution in [0.15, 0.2) is 48.8 Å². The summed E-state index contributed by atoms with van der Waals surface area (Å²) in [4.78, 5) is 19.2. The Kier molecular flexibility index (Phi) is 4.71. The molecule has 3 aromatic rings. The van der Waals surface area contributed by atoms with Crippen molar-refractivity contribution in [3.63, 3.8) is 0 Å². The molecule has 150 valence electrons. The lowest BCUT2D eigenvalue weighted by Gasteiger charge is -2.34. The Balaban J connectivity index is 1.24. The summed E-state index contributed by atoms with van der Waals surface area (Å²) in [5, 5.41) is 3.56. The average Bonchev–Trinajstić information content (AvgIpc) is 3.17. The van der Waals surface area contributed by atoms with Crippen LogP contribution in [0, 0.1) is 0 Å². The van der Waals surface area contributed by atoms with Crippen molar-refractivity contribution in [1.82, 2.24) is 14.5 Å². The average molecular weight is 392 g/mol. The summed E-state index contributed by atoms with van der Waals surface area (Å²) in [6.45, 7) is 2.97. The molecule has 0 spiro atoms. The first kappa shape index (κ1) is 17.8. The molecule has 29 heavy (non-hydrogen) atoms. The van der Waals surface area contributed by atoms with Crippen LogP contribution >= 0.6 is 0 Å². The molecule has 1 N–H and O–H groups in total. The van der Waals surface area contributed by atoms with Gasteiger partial charge in [0, 0.05) is 30.9 Å². The van der Waals surface area contributed by atoms with Gasteiger partial charge in [-0.3, -0.25) is 4.79 Å². The molecule has 2 aliphatic rings. The third-order valence-corrected chi connectivity index (χ3v) is 5.52. The normalized spacial score (nSPS) is 18.6. The fourth-order valence-corrected chi connectivity index (χ4v) is 4.07. The third-order valence-electron chi connectivity index (χ3n) is 5.52. The molecule has 0 unspecified atom stereocenters. The molecule has 0 radical (unpaired) electrons. The fourth-order valence-electron chi connectivity index (χ4n) is 4.07. The van der Waals surface area contributed by atoms with Crippen LogP contribution in [0.3, 0.4) is 0 Å². The second-order valence-corrected chi connectivity index (χ2v) is 7.54. The van der Waals surface area contributed by atoms with E-state index >= 15 is 0 Å². The molecule has 1 atom stereocenters. The van der Waals surface area contributed by atoms with Gasteiger partial charge in [-0.1, -0.05) is 12.1 Å². The highest BCUT2D eigenvalue weighted by Crippen LogP contribution is 2.33. The van der Waals surface area contributed by atoms with E-state index in [2.05, 4.69) is 10.3 Å². The number of likely N-dealkylation sites (tertiary alicyclic amines) is 1. The number of imidazole rings is 1. The van der Waals surface area contributed by atoms with E-state index in [1.165, 1.54) is 0 Å². The Morgan fingerprint density at radius 1 is 1.14 bits per heavy atom. The largest absolute Gasteiger partial charge is 0.486 e. The Labute approximate surface area is 169 Å². The summed E-state index contributed by atoms with van der Waals surface area (Å²) in [6.07, 6.45) is 3.77. The van der Waals surface area contributed by atoms with Crippen LogP contribution in [0.5, 0.6) is 11.5 Å². The van der Waals surface area contributed by atoms with Gasteiger partial charge >= 0.3 is 0 Å². The van der Waals surface area contributed by atoms with Crippen LogP contribution in [0.4, 0.5) is 5.69 Å². The highest BCUT2D eigenvalue weighted by molar-refractivity contribution is 5.80. The van der Waals surface area contributed by atoms with E-state index in [-0.39, 0.29) is 11.9 Å². The van der Waals surface area contributed by atoms with Crippen molar-refractivity contribution >= 4 is 22.6 Å². The Bertz CT molecular complexity index is 1030. The van der Waals surface area contributed by atoms with Gasteiger partial charge in [-0.25, -0.2) is 4.98 Å². The van der Waals surface area contributed by atoms with Crippen molar-refractivity contribution in [3.8, 4) is 11.5 Å². The van der Waals surface area contributed by atoms with E-state index in [0.29, 0.717) is 26.3 Å². The predicted octanol–water partition coefficient (Wildman–Crippen LogP) is 2.91. The molecule has 0 saturated carbocycles. The number of para-hydroxylation sites is 2. The van der Waals surface area contributed by atoms with Gasteiger partial charge in [-0.2, -0.15) is 0 Å². The number of amides is 1. The number of aromatic nitrogens is 2. The highest BCUT2D eigenvalue weighted by atomic mass is 16.6. The maximum absolute atomic E-state index is 12.9. The van der Waals surface area contributed by atoms with E-state index in [1.807, 2.05) is 51.9 Å². The molecule has 5 rings (SSSR count). The maximum Gasteiger partial charge on any atom is 0.242 e. The fraction of sp³-hybridized carbons (Fsp3) is 0.364. The molecule has 0 aliphatic carbocycles. The van der Waals surface area contributed by atoms with Crippen LogP contribution in [0.2, 0.25) is 0 Å². The number of carbonyl (C=O) groups is 1. The van der Waals surface area contributed by atoms with Gasteiger partial charge in [0.25, 0.3) is 0 Å².